The third kappa shape index (κ3) is 2.81. The van der Waals surface area contributed by atoms with E-state index in [1.807, 2.05) is 0 Å². The average Bonchev–Trinajstić information content (AvgIpc) is 2.72. The monoisotopic (exact) mass is 233 g/mol. The van der Waals surface area contributed by atoms with Crippen LogP contribution in [0, 0.1) is 0 Å². The van der Waals surface area contributed by atoms with Gasteiger partial charge in [0, 0.05) is 26.4 Å². The van der Waals surface area contributed by atoms with Crippen molar-refractivity contribution in [2.45, 2.75) is 38.7 Å². The smallest absolute Gasteiger partial charge is 0.0830 e. The number of unbranched alkanes of at least 4 members (excludes halogenated alkanes) is 1. The highest BCUT2D eigenvalue weighted by molar-refractivity contribution is 5.51. The van der Waals surface area contributed by atoms with E-state index >= 15 is 0 Å². The van der Waals surface area contributed by atoms with Crippen molar-refractivity contribution >= 4 is 5.69 Å². The Hall–Kier alpha value is -1.02. The molecule has 1 aromatic rings. The lowest BCUT2D eigenvalue weighted by molar-refractivity contribution is 0.0521. The Kier molecular flexibility index (Phi) is 4.06. The van der Waals surface area contributed by atoms with Gasteiger partial charge in [0.2, 0.25) is 0 Å². The van der Waals surface area contributed by atoms with Crippen molar-refractivity contribution in [1.82, 2.24) is 0 Å². The molecule has 0 spiro atoms. The number of fused-ring (bicyclic) bond motifs is 1. The minimum atomic E-state index is 0.341. The number of nitrogens with zero attached hydrogens (tertiary/aromatic N) is 1. The minimum Gasteiger partial charge on any atom is -0.378 e. The predicted molar refractivity (Wildman–Crippen MR) is 72.7 cm³/mol. The van der Waals surface area contributed by atoms with E-state index in [1.165, 1.54) is 29.7 Å². The van der Waals surface area contributed by atoms with E-state index < -0.39 is 0 Å². The highest BCUT2D eigenvalue weighted by Crippen LogP contribution is 2.35. The molecule has 2 nitrogen and oxygen atoms in total. The molecule has 94 valence electrons. The van der Waals surface area contributed by atoms with Gasteiger partial charge in [-0.3, -0.25) is 0 Å². The molecule has 0 N–H and O–H groups in total. The molecular formula is C15H23NO. The fourth-order valence-corrected chi connectivity index (χ4v) is 2.39. The number of hydrogen-bond donors (Lipinski definition) is 0. The van der Waals surface area contributed by atoms with Crippen LogP contribution < -0.4 is 4.90 Å². The molecule has 0 aliphatic heterocycles. The third-order valence-electron chi connectivity index (χ3n) is 3.48. The van der Waals surface area contributed by atoms with Crippen molar-refractivity contribution in [2.24, 2.45) is 0 Å². The summed E-state index contributed by atoms with van der Waals surface area (Å²) in [7, 11) is 4.18. The highest BCUT2D eigenvalue weighted by Gasteiger charge is 2.23. The summed E-state index contributed by atoms with van der Waals surface area (Å²) >= 11 is 0. The first kappa shape index (κ1) is 12.4. The molecule has 1 atom stereocenters. The second kappa shape index (κ2) is 5.54. The predicted octanol–water partition coefficient (Wildman–Crippen LogP) is 3.56. The lowest BCUT2D eigenvalue weighted by atomic mass is 10.1. The summed E-state index contributed by atoms with van der Waals surface area (Å²) < 4.78 is 5.96. The van der Waals surface area contributed by atoms with Gasteiger partial charge in [0.15, 0.2) is 0 Å². The van der Waals surface area contributed by atoms with Crippen LogP contribution in [0.2, 0.25) is 0 Å². The fourth-order valence-electron chi connectivity index (χ4n) is 2.39. The molecule has 0 saturated carbocycles. The molecule has 0 fully saturated rings. The van der Waals surface area contributed by atoms with Crippen LogP contribution >= 0.6 is 0 Å². The van der Waals surface area contributed by atoms with Gasteiger partial charge in [0.25, 0.3) is 0 Å². The summed E-state index contributed by atoms with van der Waals surface area (Å²) in [5.74, 6) is 0. The molecule has 17 heavy (non-hydrogen) atoms. The summed E-state index contributed by atoms with van der Waals surface area (Å²) in [6.45, 7) is 3.10. The van der Waals surface area contributed by atoms with Crippen LogP contribution in [0.1, 0.15) is 43.4 Å². The third-order valence-corrected chi connectivity index (χ3v) is 3.48. The minimum absolute atomic E-state index is 0.341. The lowest BCUT2D eigenvalue weighted by Crippen LogP contribution is -2.09. The van der Waals surface area contributed by atoms with Gasteiger partial charge >= 0.3 is 0 Å². The first-order valence-electron chi connectivity index (χ1n) is 6.64. The molecule has 1 aliphatic carbocycles. The van der Waals surface area contributed by atoms with Crippen LogP contribution in [-0.4, -0.2) is 20.7 Å². The first-order valence-corrected chi connectivity index (χ1v) is 6.64. The van der Waals surface area contributed by atoms with E-state index in [2.05, 4.69) is 44.1 Å². The van der Waals surface area contributed by atoms with Crippen LogP contribution in [0.25, 0.3) is 0 Å². The molecule has 0 aromatic heterocycles. The van der Waals surface area contributed by atoms with Crippen LogP contribution in [0.3, 0.4) is 0 Å². The van der Waals surface area contributed by atoms with Gasteiger partial charge in [-0.25, -0.2) is 0 Å². The molecule has 2 rings (SSSR count). The van der Waals surface area contributed by atoms with Gasteiger partial charge in [-0.1, -0.05) is 19.4 Å². The van der Waals surface area contributed by atoms with Crippen molar-refractivity contribution < 1.29 is 4.74 Å². The zero-order valence-corrected chi connectivity index (χ0v) is 11.2. The molecule has 1 aromatic carbocycles. The topological polar surface area (TPSA) is 12.5 Å². The van der Waals surface area contributed by atoms with Crippen LogP contribution in [-0.2, 0) is 11.2 Å². The summed E-state index contributed by atoms with van der Waals surface area (Å²) in [6.07, 6.45) is 5.03. The second-order valence-corrected chi connectivity index (χ2v) is 5.03. The van der Waals surface area contributed by atoms with Gasteiger partial charge in [-0.05, 0) is 42.5 Å². The summed E-state index contributed by atoms with van der Waals surface area (Å²) in [6, 6.07) is 6.74. The molecule has 1 aliphatic rings. The van der Waals surface area contributed by atoms with E-state index in [-0.39, 0.29) is 0 Å². The number of rotatable bonds is 5. The Labute approximate surface area is 105 Å². The molecule has 0 bridgehead atoms. The Morgan fingerprint density at radius 1 is 1.35 bits per heavy atom. The van der Waals surface area contributed by atoms with Gasteiger partial charge in [-0.15, -0.1) is 0 Å². The summed E-state index contributed by atoms with van der Waals surface area (Å²) in [5.41, 5.74) is 4.17. The quantitative estimate of drug-likeness (QED) is 0.721. The van der Waals surface area contributed by atoms with Gasteiger partial charge < -0.3 is 9.64 Å². The van der Waals surface area contributed by atoms with Crippen LogP contribution in [0.5, 0.6) is 0 Å². The fraction of sp³-hybridized carbons (Fsp3) is 0.600. The Bertz CT molecular complexity index is 373. The molecule has 1 unspecified atom stereocenters. The van der Waals surface area contributed by atoms with Crippen molar-refractivity contribution in [3.63, 3.8) is 0 Å². The molecular weight excluding hydrogens is 210 g/mol. The number of anilines is 1. The first-order chi connectivity index (χ1) is 8.22. The van der Waals surface area contributed by atoms with E-state index in [0.29, 0.717) is 6.10 Å². The number of ether oxygens (including phenoxy) is 1. The average molecular weight is 233 g/mol. The van der Waals surface area contributed by atoms with Gasteiger partial charge in [-0.2, -0.15) is 0 Å². The highest BCUT2D eigenvalue weighted by atomic mass is 16.5. The normalized spacial score (nSPS) is 18.2. The Morgan fingerprint density at radius 3 is 2.88 bits per heavy atom. The van der Waals surface area contributed by atoms with Crippen molar-refractivity contribution in [3.8, 4) is 0 Å². The van der Waals surface area contributed by atoms with Gasteiger partial charge in [0.05, 0.1) is 6.10 Å². The van der Waals surface area contributed by atoms with Crippen LogP contribution in [0.15, 0.2) is 18.2 Å². The van der Waals surface area contributed by atoms with Crippen molar-refractivity contribution in [1.29, 1.82) is 0 Å². The van der Waals surface area contributed by atoms with Crippen molar-refractivity contribution in [2.75, 3.05) is 25.6 Å². The van der Waals surface area contributed by atoms with E-state index in [9.17, 15) is 0 Å². The largest absolute Gasteiger partial charge is 0.378 e. The summed E-state index contributed by atoms with van der Waals surface area (Å²) in [4.78, 5) is 2.16. The van der Waals surface area contributed by atoms with Crippen LogP contribution in [0.4, 0.5) is 5.69 Å². The SMILES string of the molecule is CCCCOC1CCc2cc(N(C)C)ccc21. The standard InChI is InChI=1S/C15H23NO/c1-4-5-10-17-15-9-6-12-11-13(16(2)3)7-8-14(12)15/h7-8,11,15H,4-6,9-10H2,1-3H3. The molecule has 0 amide bonds. The lowest BCUT2D eigenvalue weighted by Gasteiger charge is -2.16. The maximum absolute atomic E-state index is 5.96. The van der Waals surface area contributed by atoms with E-state index in [0.717, 1.165) is 19.4 Å². The van der Waals surface area contributed by atoms with Crippen molar-refractivity contribution in [3.05, 3.63) is 29.3 Å². The number of benzene rings is 1. The Morgan fingerprint density at radius 2 is 2.18 bits per heavy atom. The molecule has 0 saturated heterocycles. The molecule has 0 radical (unpaired) electrons. The maximum Gasteiger partial charge on any atom is 0.0830 e. The zero-order valence-electron chi connectivity index (χ0n) is 11.2. The van der Waals surface area contributed by atoms with Gasteiger partial charge in [0.1, 0.15) is 0 Å². The summed E-state index contributed by atoms with van der Waals surface area (Å²) in [5, 5.41) is 0. The zero-order chi connectivity index (χ0) is 12.3. The maximum atomic E-state index is 5.96. The number of aryl methyl sites for hydroxylation is 1. The molecule has 0 heterocycles. The number of hydrogen-bond acceptors (Lipinski definition) is 2. The Balaban J connectivity index is 2.05. The van der Waals surface area contributed by atoms with E-state index in [1.54, 1.807) is 0 Å². The second-order valence-electron chi connectivity index (χ2n) is 5.03. The van der Waals surface area contributed by atoms with E-state index in [4.69, 9.17) is 4.74 Å². The molecule has 2 heteroatoms.